The van der Waals surface area contributed by atoms with Crippen molar-refractivity contribution in [3.05, 3.63) is 42.0 Å². The number of carbonyl (C=O) groups excluding carboxylic acids is 1. The van der Waals surface area contributed by atoms with Gasteiger partial charge in [-0.1, -0.05) is 41.6 Å². The van der Waals surface area contributed by atoms with E-state index in [9.17, 15) is 4.79 Å². The normalized spacial score (nSPS) is 12.1. The first-order valence-electron chi connectivity index (χ1n) is 5.93. The molecule has 4 nitrogen and oxygen atoms in total. The van der Waals surface area contributed by atoms with Crippen LogP contribution in [0.3, 0.4) is 0 Å². The number of primary amides is 1. The summed E-state index contributed by atoms with van der Waals surface area (Å²) >= 11 is 1.31. The van der Waals surface area contributed by atoms with Gasteiger partial charge < -0.3 is 5.73 Å². The topological polar surface area (TPSA) is 68.9 Å². The molecule has 2 aromatic rings. The van der Waals surface area contributed by atoms with Gasteiger partial charge in [0.15, 0.2) is 0 Å². The van der Waals surface area contributed by atoms with Crippen LogP contribution in [0.2, 0.25) is 0 Å². The van der Waals surface area contributed by atoms with Crippen LogP contribution in [0, 0.1) is 6.92 Å². The van der Waals surface area contributed by atoms with Gasteiger partial charge in [-0.2, -0.15) is 0 Å². The van der Waals surface area contributed by atoms with E-state index in [0.29, 0.717) is 5.03 Å². The number of rotatable bonds is 4. The number of hydrogen-bond acceptors (Lipinski definition) is 4. The zero-order valence-electron chi connectivity index (χ0n) is 10.8. The lowest BCUT2D eigenvalue weighted by Gasteiger charge is -2.06. The average Bonchev–Trinajstić information content (AvgIpc) is 2.40. The molecule has 1 amide bonds. The largest absolute Gasteiger partial charge is 0.369 e. The van der Waals surface area contributed by atoms with E-state index in [2.05, 4.69) is 10.2 Å². The maximum atomic E-state index is 11.0. The van der Waals surface area contributed by atoms with E-state index >= 15 is 0 Å². The fourth-order valence-corrected chi connectivity index (χ4v) is 2.21. The Hall–Kier alpha value is -1.88. The lowest BCUT2D eigenvalue weighted by molar-refractivity contribution is -0.117. The zero-order valence-corrected chi connectivity index (χ0v) is 11.6. The van der Waals surface area contributed by atoms with E-state index < -0.39 is 0 Å². The molecule has 0 unspecified atom stereocenters. The Kier molecular flexibility index (Phi) is 4.16. The number of thioether (sulfide) groups is 1. The van der Waals surface area contributed by atoms with E-state index in [1.165, 1.54) is 17.3 Å². The van der Waals surface area contributed by atoms with Crippen molar-refractivity contribution in [1.29, 1.82) is 0 Å². The van der Waals surface area contributed by atoms with Crippen LogP contribution in [0.1, 0.15) is 12.5 Å². The van der Waals surface area contributed by atoms with Crippen molar-refractivity contribution < 1.29 is 4.79 Å². The van der Waals surface area contributed by atoms with Crippen LogP contribution in [-0.2, 0) is 4.79 Å². The minimum absolute atomic E-state index is 0.306. The fourth-order valence-electron chi connectivity index (χ4n) is 1.50. The molecule has 98 valence electrons. The maximum Gasteiger partial charge on any atom is 0.230 e. The van der Waals surface area contributed by atoms with Gasteiger partial charge in [-0.05, 0) is 26.0 Å². The summed E-state index contributed by atoms with van der Waals surface area (Å²) < 4.78 is 0. The molecular weight excluding hydrogens is 258 g/mol. The number of aromatic nitrogens is 2. The molecule has 1 heterocycles. The molecule has 1 aromatic heterocycles. The number of nitrogens with two attached hydrogens (primary N) is 1. The second-order valence-corrected chi connectivity index (χ2v) is 5.65. The van der Waals surface area contributed by atoms with Crippen molar-refractivity contribution in [2.24, 2.45) is 5.73 Å². The highest BCUT2D eigenvalue weighted by Crippen LogP contribution is 2.22. The SMILES string of the molecule is Cc1ccc(-c2ccc(S[C@@H](C)C(N)=O)nn2)cc1. The van der Waals surface area contributed by atoms with Crippen LogP contribution in [0.4, 0.5) is 0 Å². The first kappa shape index (κ1) is 13.5. The summed E-state index contributed by atoms with van der Waals surface area (Å²) in [5.74, 6) is -0.352. The molecule has 0 radical (unpaired) electrons. The lowest BCUT2D eigenvalue weighted by Crippen LogP contribution is -2.22. The Labute approximate surface area is 116 Å². The molecule has 0 aliphatic heterocycles. The average molecular weight is 273 g/mol. The molecule has 2 N–H and O–H groups in total. The molecule has 0 aliphatic rings. The minimum atomic E-state index is -0.352. The highest BCUT2D eigenvalue weighted by atomic mass is 32.2. The Morgan fingerprint density at radius 1 is 1.16 bits per heavy atom. The first-order valence-corrected chi connectivity index (χ1v) is 6.81. The van der Waals surface area contributed by atoms with Gasteiger partial charge in [-0.15, -0.1) is 10.2 Å². The summed E-state index contributed by atoms with van der Waals surface area (Å²) in [4.78, 5) is 11.0. The van der Waals surface area contributed by atoms with Gasteiger partial charge in [0.1, 0.15) is 5.03 Å². The van der Waals surface area contributed by atoms with E-state index in [4.69, 9.17) is 5.73 Å². The molecule has 0 saturated carbocycles. The van der Waals surface area contributed by atoms with Gasteiger partial charge in [-0.25, -0.2) is 0 Å². The smallest absolute Gasteiger partial charge is 0.230 e. The number of carbonyl (C=O) groups is 1. The predicted molar refractivity (Wildman–Crippen MR) is 76.7 cm³/mol. The molecule has 0 aliphatic carbocycles. The van der Waals surface area contributed by atoms with Crippen LogP contribution in [-0.4, -0.2) is 21.4 Å². The highest BCUT2D eigenvalue weighted by molar-refractivity contribution is 8.00. The highest BCUT2D eigenvalue weighted by Gasteiger charge is 2.11. The Morgan fingerprint density at radius 3 is 2.37 bits per heavy atom. The summed E-state index contributed by atoms with van der Waals surface area (Å²) in [6, 6.07) is 11.8. The zero-order chi connectivity index (χ0) is 13.8. The van der Waals surface area contributed by atoms with Crippen molar-refractivity contribution in [2.45, 2.75) is 24.1 Å². The molecular formula is C14H15N3OS. The molecule has 0 saturated heterocycles. The molecule has 1 aromatic carbocycles. The van der Waals surface area contributed by atoms with Crippen molar-refractivity contribution in [1.82, 2.24) is 10.2 Å². The fraction of sp³-hybridized carbons (Fsp3) is 0.214. The number of amides is 1. The second-order valence-electron chi connectivity index (χ2n) is 4.29. The summed E-state index contributed by atoms with van der Waals surface area (Å²) in [6.45, 7) is 3.79. The Balaban J connectivity index is 2.14. The van der Waals surface area contributed by atoms with Gasteiger partial charge in [0.25, 0.3) is 0 Å². The number of aryl methyl sites for hydroxylation is 1. The van der Waals surface area contributed by atoms with Crippen LogP contribution >= 0.6 is 11.8 Å². The Bertz CT molecular complexity index is 566. The van der Waals surface area contributed by atoms with Gasteiger partial charge >= 0.3 is 0 Å². The van der Waals surface area contributed by atoms with Crippen LogP contribution in [0.25, 0.3) is 11.3 Å². The third-order valence-electron chi connectivity index (χ3n) is 2.69. The van der Waals surface area contributed by atoms with Crippen molar-refractivity contribution >= 4 is 17.7 Å². The summed E-state index contributed by atoms with van der Waals surface area (Å²) in [5.41, 5.74) is 8.26. The molecule has 2 rings (SSSR count). The molecule has 0 fully saturated rings. The van der Waals surface area contributed by atoms with Gasteiger partial charge in [0.05, 0.1) is 10.9 Å². The number of hydrogen-bond donors (Lipinski definition) is 1. The molecule has 5 heteroatoms. The molecule has 1 atom stereocenters. The molecule has 19 heavy (non-hydrogen) atoms. The lowest BCUT2D eigenvalue weighted by atomic mass is 10.1. The van der Waals surface area contributed by atoms with Crippen LogP contribution in [0.5, 0.6) is 0 Å². The first-order chi connectivity index (χ1) is 9.06. The predicted octanol–water partition coefficient (Wildman–Crippen LogP) is 2.42. The maximum absolute atomic E-state index is 11.0. The monoisotopic (exact) mass is 273 g/mol. The summed E-state index contributed by atoms with van der Waals surface area (Å²) in [6.07, 6.45) is 0. The summed E-state index contributed by atoms with van der Waals surface area (Å²) in [5, 5.41) is 8.66. The molecule has 0 spiro atoms. The molecule has 0 bridgehead atoms. The quantitative estimate of drug-likeness (QED) is 0.869. The minimum Gasteiger partial charge on any atom is -0.369 e. The number of nitrogens with zero attached hydrogens (tertiary/aromatic N) is 2. The van der Waals surface area contributed by atoms with E-state index in [1.807, 2.05) is 43.3 Å². The Morgan fingerprint density at radius 2 is 1.84 bits per heavy atom. The van der Waals surface area contributed by atoms with E-state index in [0.717, 1.165) is 11.3 Å². The van der Waals surface area contributed by atoms with Gasteiger partial charge in [0.2, 0.25) is 5.91 Å². The third-order valence-corrected chi connectivity index (χ3v) is 3.73. The van der Waals surface area contributed by atoms with E-state index in [1.54, 1.807) is 6.92 Å². The van der Waals surface area contributed by atoms with Crippen LogP contribution < -0.4 is 5.73 Å². The second kappa shape index (κ2) is 5.84. The number of benzene rings is 1. The standard InChI is InChI=1S/C14H15N3OS/c1-9-3-5-11(6-4-9)12-7-8-13(17-16-12)19-10(2)14(15)18/h3-8,10H,1-2H3,(H2,15,18)/t10-/m0/s1. The third kappa shape index (κ3) is 3.54. The van der Waals surface area contributed by atoms with Gasteiger partial charge in [-0.3, -0.25) is 4.79 Å². The van der Waals surface area contributed by atoms with E-state index in [-0.39, 0.29) is 11.2 Å². The summed E-state index contributed by atoms with van der Waals surface area (Å²) in [7, 11) is 0. The van der Waals surface area contributed by atoms with Crippen molar-refractivity contribution in [2.75, 3.05) is 0 Å². The van der Waals surface area contributed by atoms with Crippen molar-refractivity contribution in [3.63, 3.8) is 0 Å². The van der Waals surface area contributed by atoms with Crippen LogP contribution in [0.15, 0.2) is 41.4 Å². The van der Waals surface area contributed by atoms with Gasteiger partial charge in [0, 0.05) is 5.56 Å². The van der Waals surface area contributed by atoms with Crippen molar-refractivity contribution in [3.8, 4) is 11.3 Å².